The van der Waals surface area contributed by atoms with E-state index in [1.165, 1.54) is 0 Å². The van der Waals surface area contributed by atoms with Crippen LogP contribution in [0.2, 0.25) is 0 Å². The zero-order valence-corrected chi connectivity index (χ0v) is 12.4. The molecule has 5 heteroatoms. The van der Waals surface area contributed by atoms with Gasteiger partial charge in [0, 0.05) is 0 Å². The highest BCUT2D eigenvalue weighted by atomic mass is 16.5. The van der Waals surface area contributed by atoms with Crippen molar-refractivity contribution in [3.05, 3.63) is 35.9 Å². The largest absolute Gasteiger partial charge is 0.481 e. The van der Waals surface area contributed by atoms with Gasteiger partial charge in [0.05, 0.1) is 18.4 Å². The fourth-order valence-corrected chi connectivity index (χ4v) is 2.15. The molecule has 2 N–H and O–H groups in total. The van der Waals surface area contributed by atoms with E-state index in [2.05, 4.69) is 0 Å². The van der Waals surface area contributed by atoms with E-state index in [0.29, 0.717) is 6.42 Å². The van der Waals surface area contributed by atoms with Crippen LogP contribution in [-0.4, -0.2) is 28.8 Å². The van der Waals surface area contributed by atoms with Gasteiger partial charge in [0.1, 0.15) is 6.61 Å². The first kappa shape index (κ1) is 17.2. The molecule has 0 heterocycles. The number of carboxylic acids is 1. The third-order valence-electron chi connectivity index (χ3n) is 3.25. The lowest BCUT2D eigenvalue weighted by molar-refractivity contribution is -0.161. The summed E-state index contributed by atoms with van der Waals surface area (Å²) >= 11 is 0. The third-order valence-corrected chi connectivity index (χ3v) is 3.25. The number of ether oxygens (including phenoxy) is 1. The minimum absolute atomic E-state index is 0.0736. The Labute approximate surface area is 124 Å². The molecule has 0 radical (unpaired) electrons. The zero-order valence-electron chi connectivity index (χ0n) is 12.4. The van der Waals surface area contributed by atoms with Crippen LogP contribution in [0.25, 0.3) is 0 Å². The standard InChI is InChI=1S/C16H22O5/c1-11(2)8-13(15(18)19)14(9-17)16(20)21-10-12-6-4-3-5-7-12/h3-7,11,13-14,17H,8-10H2,1-2H3,(H,18,19)/t13-,14?/m1/s1. The predicted molar refractivity (Wildman–Crippen MR) is 77.4 cm³/mol. The van der Waals surface area contributed by atoms with Crippen molar-refractivity contribution in [1.29, 1.82) is 0 Å². The van der Waals surface area contributed by atoms with E-state index >= 15 is 0 Å². The summed E-state index contributed by atoms with van der Waals surface area (Å²) in [6.45, 7) is 3.29. The van der Waals surface area contributed by atoms with E-state index < -0.39 is 30.4 Å². The molecule has 116 valence electrons. The lowest BCUT2D eigenvalue weighted by Crippen LogP contribution is -2.34. The van der Waals surface area contributed by atoms with Crippen LogP contribution in [0.5, 0.6) is 0 Å². The van der Waals surface area contributed by atoms with E-state index in [4.69, 9.17) is 4.74 Å². The van der Waals surface area contributed by atoms with Crippen molar-refractivity contribution in [2.75, 3.05) is 6.61 Å². The van der Waals surface area contributed by atoms with Gasteiger partial charge in [0.2, 0.25) is 0 Å². The van der Waals surface area contributed by atoms with Gasteiger partial charge >= 0.3 is 11.9 Å². The molecule has 0 amide bonds. The fraction of sp³-hybridized carbons (Fsp3) is 0.500. The number of benzene rings is 1. The number of hydrogen-bond donors (Lipinski definition) is 2. The Morgan fingerprint density at radius 3 is 2.24 bits per heavy atom. The van der Waals surface area contributed by atoms with Crippen LogP contribution in [0.3, 0.4) is 0 Å². The third kappa shape index (κ3) is 5.55. The van der Waals surface area contributed by atoms with Crippen LogP contribution in [-0.2, 0) is 20.9 Å². The first-order valence-corrected chi connectivity index (χ1v) is 7.00. The number of carboxylic acid groups (broad SMARTS) is 1. The second-order valence-electron chi connectivity index (χ2n) is 5.46. The molecule has 5 nitrogen and oxygen atoms in total. The predicted octanol–water partition coefficient (Wildman–Crippen LogP) is 2.09. The molecular weight excluding hydrogens is 272 g/mol. The molecule has 21 heavy (non-hydrogen) atoms. The van der Waals surface area contributed by atoms with Gasteiger partial charge < -0.3 is 14.9 Å². The maximum atomic E-state index is 12.0. The molecule has 0 aliphatic carbocycles. The van der Waals surface area contributed by atoms with Crippen LogP contribution in [0.1, 0.15) is 25.8 Å². The highest BCUT2D eigenvalue weighted by Crippen LogP contribution is 2.22. The summed E-state index contributed by atoms with van der Waals surface area (Å²) in [5, 5.41) is 18.6. The molecule has 0 aliphatic rings. The quantitative estimate of drug-likeness (QED) is 0.717. The number of carbonyl (C=O) groups is 2. The van der Waals surface area contributed by atoms with Crippen molar-refractivity contribution in [2.24, 2.45) is 17.8 Å². The average molecular weight is 294 g/mol. The van der Waals surface area contributed by atoms with Crippen molar-refractivity contribution in [3.63, 3.8) is 0 Å². The van der Waals surface area contributed by atoms with Crippen LogP contribution < -0.4 is 0 Å². The van der Waals surface area contributed by atoms with Gasteiger partial charge in [-0.1, -0.05) is 44.2 Å². The molecule has 2 atom stereocenters. The summed E-state index contributed by atoms with van der Waals surface area (Å²) in [5.41, 5.74) is 0.818. The van der Waals surface area contributed by atoms with Crippen LogP contribution in [0.4, 0.5) is 0 Å². The van der Waals surface area contributed by atoms with E-state index in [0.717, 1.165) is 5.56 Å². The second-order valence-corrected chi connectivity index (χ2v) is 5.46. The first-order chi connectivity index (χ1) is 9.95. The monoisotopic (exact) mass is 294 g/mol. The number of aliphatic hydroxyl groups excluding tert-OH is 1. The maximum Gasteiger partial charge on any atom is 0.312 e. The van der Waals surface area contributed by atoms with Gasteiger partial charge in [0.15, 0.2) is 0 Å². The lowest BCUT2D eigenvalue weighted by atomic mass is 9.86. The zero-order chi connectivity index (χ0) is 15.8. The number of aliphatic carboxylic acids is 1. The maximum absolute atomic E-state index is 12.0. The molecule has 1 aromatic rings. The second kappa shape index (κ2) is 8.42. The molecule has 0 saturated carbocycles. The Morgan fingerprint density at radius 2 is 1.76 bits per heavy atom. The number of esters is 1. The van der Waals surface area contributed by atoms with Gasteiger partial charge in [-0.25, -0.2) is 0 Å². The van der Waals surface area contributed by atoms with Crippen molar-refractivity contribution >= 4 is 11.9 Å². The molecule has 0 saturated heterocycles. The fourth-order valence-electron chi connectivity index (χ4n) is 2.15. The lowest BCUT2D eigenvalue weighted by Gasteiger charge is -2.22. The molecule has 0 fully saturated rings. The van der Waals surface area contributed by atoms with Gasteiger partial charge in [0.25, 0.3) is 0 Å². The van der Waals surface area contributed by atoms with Crippen LogP contribution in [0.15, 0.2) is 30.3 Å². The van der Waals surface area contributed by atoms with Crippen molar-refractivity contribution in [2.45, 2.75) is 26.9 Å². The minimum Gasteiger partial charge on any atom is -0.481 e. The van der Waals surface area contributed by atoms with Crippen LogP contribution in [0, 0.1) is 17.8 Å². The van der Waals surface area contributed by atoms with Gasteiger partial charge in [-0.15, -0.1) is 0 Å². The summed E-state index contributed by atoms with van der Waals surface area (Å²) in [4.78, 5) is 23.3. The summed E-state index contributed by atoms with van der Waals surface area (Å²) in [6.07, 6.45) is 0.320. The number of hydrogen-bond acceptors (Lipinski definition) is 4. The summed E-state index contributed by atoms with van der Waals surface area (Å²) in [6, 6.07) is 9.12. The summed E-state index contributed by atoms with van der Waals surface area (Å²) in [5.74, 6) is -3.61. The highest BCUT2D eigenvalue weighted by molar-refractivity contribution is 5.81. The normalized spacial score (nSPS) is 13.7. The smallest absolute Gasteiger partial charge is 0.312 e. The topological polar surface area (TPSA) is 83.8 Å². The van der Waals surface area contributed by atoms with Crippen molar-refractivity contribution in [3.8, 4) is 0 Å². The molecular formula is C16H22O5. The van der Waals surface area contributed by atoms with Gasteiger partial charge in [-0.2, -0.15) is 0 Å². The molecule has 0 aromatic heterocycles. The molecule has 1 aromatic carbocycles. The Balaban J connectivity index is 2.68. The number of aliphatic hydroxyl groups is 1. The SMILES string of the molecule is CC(C)C[C@@H](C(=O)O)C(CO)C(=O)OCc1ccccc1. The highest BCUT2D eigenvalue weighted by Gasteiger charge is 2.34. The molecule has 1 unspecified atom stereocenters. The molecule has 0 aliphatic heterocycles. The first-order valence-electron chi connectivity index (χ1n) is 7.00. The Kier molecular flexibility index (Phi) is 6.88. The molecule has 1 rings (SSSR count). The number of rotatable bonds is 8. The molecule has 0 spiro atoms. The van der Waals surface area contributed by atoms with E-state index in [1.54, 1.807) is 0 Å². The summed E-state index contributed by atoms with van der Waals surface area (Å²) < 4.78 is 5.13. The molecule has 0 bridgehead atoms. The number of carbonyl (C=O) groups excluding carboxylic acids is 1. The Morgan fingerprint density at radius 1 is 1.14 bits per heavy atom. The van der Waals surface area contributed by atoms with Crippen molar-refractivity contribution in [1.82, 2.24) is 0 Å². The van der Waals surface area contributed by atoms with E-state index in [9.17, 15) is 19.8 Å². The van der Waals surface area contributed by atoms with Gasteiger partial charge in [-0.3, -0.25) is 9.59 Å². The minimum atomic E-state index is -1.08. The average Bonchev–Trinajstić information content (AvgIpc) is 2.45. The van der Waals surface area contributed by atoms with Gasteiger partial charge in [-0.05, 0) is 17.9 Å². The van der Waals surface area contributed by atoms with Crippen LogP contribution >= 0.6 is 0 Å². The Bertz CT molecular complexity index is 455. The van der Waals surface area contributed by atoms with Crippen molar-refractivity contribution < 1.29 is 24.5 Å². The Hall–Kier alpha value is -1.88. The van der Waals surface area contributed by atoms with E-state index in [1.807, 2.05) is 44.2 Å². The summed E-state index contributed by atoms with van der Waals surface area (Å²) in [7, 11) is 0. The van der Waals surface area contributed by atoms with E-state index in [-0.39, 0.29) is 12.5 Å².